The summed E-state index contributed by atoms with van der Waals surface area (Å²) in [5, 5.41) is 2.31. The summed E-state index contributed by atoms with van der Waals surface area (Å²) in [5.74, 6) is 0. The van der Waals surface area contributed by atoms with Gasteiger partial charge in [0.05, 0.1) is 11.4 Å². The number of aromatic nitrogens is 4. The second-order valence-electron chi connectivity index (χ2n) is 20.8. The van der Waals surface area contributed by atoms with E-state index in [-0.39, 0.29) is 5.41 Å². The highest BCUT2D eigenvalue weighted by molar-refractivity contribution is 6.00. The standard InChI is InChI=1S/C73H54N4/c1-73(2,3)71-48-59-43-54(35-37-65(59)72-76-41-42-77(71)72)61-20-8-10-22-63(61)57-44-56(62-21-9-7-19-60(62)51-31-33-53(34-32-51)69-25-13-15-39-74-69)45-58(46-57)64-23-11-12-24-66(64)67-38-36-55(70-26-14-16-40-75-70)47-68(67)52-29-27-50(28-30-52)49-17-5-4-6-18-49/h4-48H,1-3H3. The van der Waals surface area contributed by atoms with Gasteiger partial charge in [0.1, 0.15) is 5.65 Å². The molecule has 0 bridgehead atoms. The molecule has 4 nitrogen and oxygen atoms in total. The van der Waals surface area contributed by atoms with Crippen LogP contribution in [0.4, 0.5) is 0 Å². The fraction of sp³-hybridized carbons (Fsp3) is 0.0548. The number of fused-ring (bicyclic) bond motifs is 3. The predicted molar refractivity (Wildman–Crippen MR) is 321 cm³/mol. The summed E-state index contributed by atoms with van der Waals surface area (Å²) in [6.07, 6.45) is 7.71. The first kappa shape index (κ1) is 47.0. The molecule has 0 unspecified atom stereocenters. The Morgan fingerprint density at radius 1 is 0.286 bits per heavy atom. The van der Waals surface area contributed by atoms with Gasteiger partial charge in [0.15, 0.2) is 0 Å². The van der Waals surface area contributed by atoms with Crippen LogP contribution in [0.5, 0.6) is 0 Å². The van der Waals surface area contributed by atoms with Crippen LogP contribution in [0.1, 0.15) is 26.5 Å². The van der Waals surface area contributed by atoms with E-state index in [0.29, 0.717) is 0 Å². The molecular formula is C73H54N4. The van der Waals surface area contributed by atoms with E-state index in [0.717, 1.165) is 111 Å². The van der Waals surface area contributed by atoms with Crippen molar-refractivity contribution in [2.45, 2.75) is 26.2 Å². The monoisotopic (exact) mass is 986 g/mol. The van der Waals surface area contributed by atoms with Crippen molar-refractivity contribution >= 4 is 16.4 Å². The van der Waals surface area contributed by atoms with E-state index in [1.165, 1.54) is 22.2 Å². The highest BCUT2D eigenvalue weighted by Crippen LogP contribution is 2.45. The molecule has 4 aromatic heterocycles. The molecule has 0 amide bonds. The first-order chi connectivity index (χ1) is 37.8. The third-order valence-corrected chi connectivity index (χ3v) is 14.9. The molecule has 0 atom stereocenters. The molecule has 0 saturated heterocycles. The van der Waals surface area contributed by atoms with Crippen LogP contribution >= 0.6 is 0 Å². The molecule has 0 N–H and O–H groups in total. The van der Waals surface area contributed by atoms with Gasteiger partial charge in [-0.05, 0) is 155 Å². The molecule has 0 aliphatic heterocycles. The van der Waals surface area contributed by atoms with Gasteiger partial charge in [0, 0.05) is 52.4 Å². The minimum Gasteiger partial charge on any atom is -0.303 e. The van der Waals surface area contributed by atoms with Crippen LogP contribution in [0.15, 0.2) is 274 Å². The van der Waals surface area contributed by atoms with Crippen LogP contribution in [0.2, 0.25) is 0 Å². The highest BCUT2D eigenvalue weighted by Gasteiger charge is 2.22. The van der Waals surface area contributed by atoms with E-state index >= 15 is 0 Å². The number of benzene rings is 9. The Labute approximate surface area is 450 Å². The third-order valence-electron chi connectivity index (χ3n) is 14.9. The Balaban J connectivity index is 1.00. The molecule has 0 aliphatic rings. The summed E-state index contributed by atoms with van der Waals surface area (Å²) in [6.45, 7) is 6.81. The van der Waals surface area contributed by atoms with Gasteiger partial charge in [-0.3, -0.25) is 9.97 Å². The van der Waals surface area contributed by atoms with Crippen molar-refractivity contribution < 1.29 is 0 Å². The number of rotatable bonds is 10. The molecule has 13 rings (SSSR count). The van der Waals surface area contributed by atoms with Crippen LogP contribution in [0, 0.1) is 0 Å². The quantitative estimate of drug-likeness (QED) is 0.137. The van der Waals surface area contributed by atoms with Gasteiger partial charge in [-0.1, -0.05) is 209 Å². The van der Waals surface area contributed by atoms with Gasteiger partial charge in [0.25, 0.3) is 0 Å². The van der Waals surface area contributed by atoms with Crippen molar-refractivity contribution in [3.05, 3.63) is 279 Å². The van der Waals surface area contributed by atoms with E-state index in [1.54, 1.807) is 0 Å². The maximum absolute atomic E-state index is 4.85. The fourth-order valence-corrected chi connectivity index (χ4v) is 11.1. The lowest BCUT2D eigenvalue weighted by Gasteiger charge is -2.22. The average molecular weight is 987 g/mol. The van der Waals surface area contributed by atoms with E-state index in [2.05, 4.69) is 267 Å². The van der Waals surface area contributed by atoms with Gasteiger partial charge in [-0.25, -0.2) is 4.98 Å². The van der Waals surface area contributed by atoms with Crippen LogP contribution in [0.25, 0.3) is 128 Å². The van der Waals surface area contributed by atoms with Crippen molar-refractivity contribution in [2.24, 2.45) is 0 Å². The van der Waals surface area contributed by atoms with Gasteiger partial charge in [0.2, 0.25) is 0 Å². The Bertz CT molecular complexity index is 4270. The Hall–Kier alpha value is -9.77. The molecular weight excluding hydrogens is 933 g/mol. The number of imidazole rings is 1. The second-order valence-corrected chi connectivity index (χ2v) is 20.8. The zero-order valence-electron chi connectivity index (χ0n) is 43.3. The summed E-state index contributed by atoms with van der Waals surface area (Å²) in [5.41, 5.74) is 24.5. The van der Waals surface area contributed by atoms with Gasteiger partial charge < -0.3 is 4.40 Å². The molecule has 0 saturated carbocycles. The summed E-state index contributed by atoms with van der Waals surface area (Å²) in [7, 11) is 0. The number of hydrogen-bond donors (Lipinski definition) is 0. The maximum Gasteiger partial charge on any atom is 0.144 e. The minimum absolute atomic E-state index is 0.0828. The molecule has 0 spiro atoms. The zero-order valence-corrected chi connectivity index (χ0v) is 43.3. The maximum atomic E-state index is 4.85. The lowest BCUT2D eigenvalue weighted by molar-refractivity contribution is 0.562. The molecule has 0 aliphatic carbocycles. The van der Waals surface area contributed by atoms with Crippen molar-refractivity contribution in [2.75, 3.05) is 0 Å². The van der Waals surface area contributed by atoms with Crippen molar-refractivity contribution in [1.29, 1.82) is 0 Å². The average Bonchev–Trinajstić information content (AvgIpc) is 4.07. The van der Waals surface area contributed by atoms with Crippen LogP contribution in [-0.4, -0.2) is 19.4 Å². The summed E-state index contributed by atoms with van der Waals surface area (Å²) >= 11 is 0. The predicted octanol–water partition coefficient (Wildman–Crippen LogP) is 19.2. The number of nitrogens with zero attached hydrogens (tertiary/aromatic N) is 4. The molecule has 9 aromatic carbocycles. The topological polar surface area (TPSA) is 43.1 Å². The molecule has 0 radical (unpaired) electrons. The smallest absolute Gasteiger partial charge is 0.144 e. The van der Waals surface area contributed by atoms with Gasteiger partial charge in [-0.15, -0.1) is 0 Å². The summed E-state index contributed by atoms with van der Waals surface area (Å²) in [4.78, 5) is 14.3. The lowest BCUT2D eigenvalue weighted by Crippen LogP contribution is -2.16. The van der Waals surface area contributed by atoms with E-state index < -0.39 is 0 Å². The van der Waals surface area contributed by atoms with Crippen LogP contribution in [0.3, 0.4) is 0 Å². The molecule has 4 heterocycles. The Morgan fingerprint density at radius 3 is 1.31 bits per heavy atom. The zero-order chi connectivity index (χ0) is 51.9. The normalized spacial score (nSPS) is 11.6. The SMILES string of the molecule is CC(C)(C)c1cc2cc(-c3ccccc3-c3cc(-c4ccccc4-c4ccc(-c5ccccn5)cc4)cc(-c4ccccc4-c4ccc(-c5ccccn5)cc4-c4ccc(-c5ccccc5)cc4)c3)ccc2c2nccn12. The van der Waals surface area contributed by atoms with E-state index in [4.69, 9.17) is 9.97 Å². The number of hydrogen-bond acceptors (Lipinski definition) is 3. The van der Waals surface area contributed by atoms with Crippen molar-refractivity contribution in [1.82, 2.24) is 19.4 Å². The highest BCUT2D eigenvalue weighted by atomic mass is 15.0. The molecule has 4 heteroatoms. The molecule has 13 aromatic rings. The van der Waals surface area contributed by atoms with Crippen LogP contribution < -0.4 is 0 Å². The minimum atomic E-state index is -0.0828. The largest absolute Gasteiger partial charge is 0.303 e. The van der Waals surface area contributed by atoms with Crippen molar-refractivity contribution in [3.63, 3.8) is 0 Å². The summed E-state index contributed by atoms with van der Waals surface area (Å²) in [6, 6.07) is 90.4. The Kier molecular flexibility index (Phi) is 12.1. The third kappa shape index (κ3) is 9.11. The number of pyridine rings is 3. The Morgan fingerprint density at radius 2 is 0.727 bits per heavy atom. The second kappa shape index (κ2) is 19.8. The van der Waals surface area contributed by atoms with Gasteiger partial charge in [-0.2, -0.15) is 0 Å². The molecule has 77 heavy (non-hydrogen) atoms. The van der Waals surface area contributed by atoms with E-state index in [1.807, 2.05) is 36.8 Å². The van der Waals surface area contributed by atoms with Crippen molar-refractivity contribution in [3.8, 4) is 112 Å². The first-order valence-corrected chi connectivity index (χ1v) is 26.4. The lowest BCUT2D eigenvalue weighted by atomic mass is 9.84. The first-order valence-electron chi connectivity index (χ1n) is 26.4. The summed E-state index contributed by atoms with van der Waals surface area (Å²) < 4.78 is 2.24. The van der Waals surface area contributed by atoms with Gasteiger partial charge >= 0.3 is 0 Å². The van der Waals surface area contributed by atoms with E-state index in [9.17, 15) is 0 Å². The molecule has 0 fully saturated rings. The van der Waals surface area contributed by atoms with Crippen LogP contribution in [-0.2, 0) is 5.41 Å². The fourth-order valence-electron chi connectivity index (χ4n) is 11.1. The molecule has 366 valence electrons.